The maximum Gasteiger partial charge on any atom is 0.312 e. The number of carbonyl (C=O) groups excluding carboxylic acids is 1. The van der Waals surface area contributed by atoms with Crippen LogP contribution < -0.4 is 10.3 Å². The number of carboxylic acid groups (broad SMARTS) is 1. The Balaban J connectivity index is 1.52. The number of aryl methyl sites for hydroxylation is 1. The lowest BCUT2D eigenvalue weighted by Crippen LogP contribution is -2.42. The molecule has 2 aliphatic rings. The first kappa shape index (κ1) is 18.3. The summed E-state index contributed by atoms with van der Waals surface area (Å²) in [6.07, 6.45) is 2.14. The Bertz CT molecular complexity index is 969. The molecule has 0 aliphatic carbocycles. The highest BCUT2D eigenvalue weighted by Crippen LogP contribution is 2.44. The lowest BCUT2D eigenvalue weighted by atomic mass is 9.74. The van der Waals surface area contributed by atoms with E-state index in [1.54, 1.807) is 23.2 Å². The highest BCUT2D eigenvalue weighted by atomic mass is 16.5. The van der Waals surface area contributed by atoms with Crippen LogP contribution in [-0.2, 0) is 22.6 Å². The largest absolute Gasteiger partial charge is 0.493 e. The van der Waals surface area contributed by atoms with Gasteiger partial charge in [0.1, 0.15) is 5.75 Å². The van der Waals surface area contributed by atoms with Crippen molar-refractivity contribution in [1.82, 2.24) is 9.47 Å². The topological polar surface area (TPSA) is 88.8 Å². The summed E-state index contributed by atoms with van der Waals surface area (Å²) in [7, 11) is 0. The van der Waals surface area contributed by atoms with E-state index in [4.69, 9.17) is 4.74 Å². The van der Waals surface area contributed by atoms with Crippen LogP contribution in [0.3, 0.4) is 0 Å². The normalized spacial score (nSPS) is 23.3. The van der Waals surface area contributed by atoms with Gasteiger partial charge < -0.3 is 19.3 Å². The fourth-order valence-electron chi connectivity index (χ4n) is 4.24. The number of hydrogen-bond donors (Lipinski definition) is 1. The molecule has 1 N–H and O–H groups in total. The van der Waals surface area contributed by atoms with Crippen LogP contribution in [0.15, 0.2) is 53.5 Å². The summed E-state index contributed by atoms with van der Waals surface area (Å²) in [4.78, 5) is 38.4. The van der Waals surface area contributed by atoms with Gasteiger partial charge in [0.25, 0.3) is 5.56 Å². The Morgan fingerprint density at radius 3 is 2.75 bits per heavy atom. The first-order valence-corrected chi connectivity index (χ1v) is 9.37. The lowest BCUT2D eigenvalue weighted by Gasteiger charge is -2.27. The molecule has 0 radical (unpaired) electrons. The number of aliphatic carboxylic acids is 1. The molecule has 7 nitrogen and oxygen atoms in total. The number of hydrogen-bond acceptors (Lipinski definition) is 4. The van der Waals surface area contributed by atoms with Crippen LogP contribution in [0.2, 0.25) is 0 Å². The van der Waals surface area contributed by atoms with E-state index in [1.165, 1.54) is 10.6 Å². The fourth-order valence-corrected chi connectivity index (χ4v) is 4.24. The van der Waals surface area contributed by atoms with E-state index in [0.717, 1.165) is 11.3 Å². The van der Waals surface area contributed by atoms with Crippen molar-refractivity contribution in [3.8, 4) is 5.75 Å². The predicted octanol–water partition coefficient (Wildman–Crippen LogP) is 1.40. The van der Waals surface area contributed by atoms with Crippen LogP contribution in [0.1, 0.15) is 12.0 Å². The second-order valence-electron chi connectivity index (χ2n) is 7.51. The molecule has 2 aliphatic heterocycles. The number of aromatic nitrogens is 1. The zero-order chi connectivity index (χ0) is 19.7. The molecular weight excluding hydrogens is 360 g/mol. The predicted molar refractivity (Wildman–Crippen MR) is 101 cm³/mol. The van der Waals surface area contributed by atoms with Crippen molar-refractivity contribution in [2.45, 2.75) is 19.4 Å². The quantitative estimate of drug-likeness (QED) is 0.864. The van der Waals surface area contributed by atoms with Gasteiger partial charge in [0.05, 0.1) is 12.0 Å². The van der Waals surface area contributed by atoms with Gasteiger partial charge >= 0.3 is 5.97 Å². The smallest absolute Gasteiger partial charge is 0.312 e. The number of likely N-dealkylation sites (tertiary alicyclic amines) is 1. The van der Waals surface area contributed by atoms with E-state index in [0.29, 0.717) is 13.0 Å². The second kappa shape index (κ2) is 7.14. The van der Waals surface area contributed by atoms with Crippen molar-refractivity contribution in [1.29, 1.82) is 0 Å². The minimum atomic E-state index is -1.05. The van der Waals surface area contributed by atoms with Gasteiger partial charge in [-0.1, -0.05) is 24.3 Å². The molecule has 28 heavy (non-hydrogen) atoms. The molecule has 1 saturated heterocycles. The molecule has 1 amide bonds. The molecule has 7 heteroatoms. The zero-order valence-corrected chi connectivity index (χ0v) is 15.4. The zero-order valence-electron chi connectivity index (χ0n) is 15.4. The van der Waals surface area contributed by atoms with E-state index in [9.17, 15) is 19.5 Å². The first-order chi connectivity index (χ1) is 13.5. The fraction of sp³-hybridized carbons (Fsp3) is 0.381. The van der Waals surface area contributed by atoms with Crippen molar-refractivity contribution in [3.63, 3.8) is 0 Å². The number of carbonyl (C=O) groups is 2. The van der Waals surface area contributed by atoms with Gasteiger partial charge in [0, 0.05) is 44.2 Å². The van der Waals surface area contributed by atoms with Crippen LogP contribution in [0.25, 0.3) is 0 Å². The average Bonchev–Trinajstić information content (AvgIpc) is 2.98. The van der Waals surface area contributed by atoms with Gasteiger partial charge in [0.2, 0.25) is 5.91 Å². The highest BCUT2D eigenvalue weighted by molar-refractivity contribution is 5.81. The first-order valence-electron chi connectivity index (χ1n) is 9.37. The maximum absolute atomic E-state index is 12.7. The van der Waals surface area contributed by atoms with Gasteiger partial charge in [0.15, 0.2) is 0 Å². The molecule has 1 fully saturated rings. The summed E-state index contributed by atoms with van der Waals surface area (Å²) in [6, 6.07) is 12.3. The molecular formula is C21H22N2O5. The minimum Gasteiger partial charge on any atom is -0.493 e. The molecule has 0 bridgehead atoms. The Hall–Kier alpha value is -3.09. The van der Waals surface area contributed by atoms with Crippen molar-refractivity contribution in [2.24, 2.45) is 11.3 Å². The molecule has 0 saturated carbocycles. The number of carboxylic acids is 1. The van der Waals surface area contributed by atoms with Crippen molar-refractivity contribution in [2.75, 3.05) is 19.7 Å². The average molecular weight is 382 g/mol. The van der Waals surface area contributed by atoms with E-state index >= 15 is 0 Å². The van der Waals surface area contributed by atoms with E-state index < -0.39 is 11.4 Å². The number of ether oxygens (including phenoxy) is 1. The molecule has 1 aromatic heterocycles. The molecule has 2 atom stereocenters. The molecule has 2 aromatic rings. The summed E-state index contributed by atoms with van der Waals surface area (Å²) >= 11 is 0. The van der Waals surface area contributed by atoms with Gasteiger partial charge in [-0.05, 0) is 24.1 Å². The second-order valence-corrected chi connectivity index (χ2v) is 7.51. The summed E-state index contributed by atoms with van der Waals surface area (Å²) in [6.45, 7) is 1.06. The standard InChI is InChI=1S/C21H22N2O5/c24-18-7-3-4-9-22(18)10-8-19(25)23-12-16-13-28-17-6-2-1-5-15(17)11-21(16,14-23)20(26)27/h1-7,9,16H,8,10-14H2,(H,26,27)/t16-,21+/m1/s1. The molecule has 1 aromatic carbocycles. The number of fused-ring (bicyclic) bond motifs is 2. The number of rotatable bonds is 4. The molecule has 0 spiro atoms. The van der Waals surface area contributed by atoms with Crippen LogP contribution in [0, 0.1) is 11.3 Å². The Kier molecular flexibility index (Phi) is 4.66. The van der Waals surface area contributed by atoms with Crippen LogP contribution >= 0.6 is 0 Å². The third-order valence-corrected chi connectivity index (χ3v) is 5.86. The van der Waals surface area contributed by atoms with E-state index in [2.05, 4.69) is 0 Å². The number of nitrogens with zero attached hydrogens (tertiary/aromatic N) is 2. The highest BCUT2D eigenvalue weighted by Gasteiger charge is 2.55. The third kappa shape index (κ3) is 3.17. The van der Waals surface area contributed by atoms with Gasteiger partial charge in [-0.2, -0.15) is 0 Å². The molecule has 3 heterocycles. The van der Waals surface area contributed by atoms with Gasteiger partial charge in [-0.25, -0.2) is 0 Å². The van der Waals surface area contributed by atoms with Crippen LogP contribution in [-0.4, -0.2) is 46.1 Å². The van der Waals surface area contributed by atoms with Gasteiger partial charge in [-0.3, -0.25) is 14.4 Å². The maximum atomic E-state index is 12.7. The summed E-state index contributed by atoms with van der Waals surface area (Å²) in [5.41, 5.74) is -0.349. The lowest BCUT2D eigenvalue weighted by molar-refractivity contribution is -0.151. The Morgan fingerprint density at radius 1 is 1.18 bits per heavy atom. The van der Waals surface area contributed by atoms with Crippen LogP contribution in [0.5, 0.6) is 5.75 Å². The minimum absolute atomic E-state index is 0.141. The molecule has 146 valence electrons. The SMILES string of the molecule is O=C(CCn1ccccc1=O)N1C[C@@H]2COc3ccccc3C[C@]2(C(=O)O)C1. The van der Waals surface area contributed by atoms with Crippen LogP contribution in [0.4, 0.5) is 0 Å². The Morgan fingerprint density at radius 2 is 1.96 bits per heavy atom. The number of para-hydroxylation sites is 1. The van der Waals surface area contributed by atoms with Crippen molar-refractivity contribution < 1.29 is 19.4 Å². The Labute approximate surface area is 162 Å². The number of benzene rings is 1. The van der Waals surface area contributed by atoms with Crippen molar-refractivity contribution in [3.05, 3.63) is 64.6 Å². The number of pyridine rings is 1. The van der Waals surface area contributed by atoms with E-state index in [1.807, 2.05) is 24.3 Å². The third-order valence-electron chi connectivity index (χ3n) is 5.86. The summed E-state index contributed by atoms with van der Waals surface area (Å²) in [5.74, 6) is -0.593. The monoisotopic (exact) mass is 382 g/mol. The summed E-state index contributed by atoms with van der Waals surface area (Å²) < 4.78 is 7.35. The van der Waals surface area contributed by atoms with Crippen molar-refractivity contribution >= 4 is 11.9 Å². The van der Waals surface area contributed by atoms with Gasteiger partial charge in [-0.15, -0.1) is 0 Å². The summed E-state index contributed by atoms with van der Waals surface area (Å²) in [5, 5.41) is 10.1. The molecule has 0 unspecified atom stereocenters. The number of amides is 1. The molecule has 4 rings (SSSR count). The van der Waals surface area contributed by atoms with E-state index in [-0.39, 0.29) is 43.5 Å².